The summed E-state index contributed by atoms with van der Waals surface area (Å²) in [5.74, 6) is -0.829. The van der Waals surface area contributed by atoms with Gasteiger partial charge in [0.2, 0.25) is 0 Å². The molecule has 1 N–H and O–H groups in total. The SMILES string of the molecule is O=CC(CCBr)CN(CCCC(=O)O)c1ccccc1. The Labute approximate surface area is 127 Å². The highest BCUT2D eigenvalue weighted by molar-refractivity contribution is 9.09. The van der Waals surface area contributed by atoms with Crippen molar-refractivity contribution in [2.24, 2.45) is 5.92 Å². The first-order valence-electron chi connectivity index (χ1n) is 6.70. The Morgan fingerprint density at radius 2 is 2.05 bits per heavy atom. The molecule has 1 aromatic rings. The first-order chi connectivity index (χ1) is 9.67. The molecule has 0 aliphatic rings. The Kier molecular flexibility index (Phi) is 7.95. The number of nitrogens with zero attached hydrogens (tertiary/aromatic N) is 1. The van der Waals surface area contributed by atoms with Crippen molar-refractivity contribution in [2.45, 2.75) is 19.3 Å². The van der Waals surface area contributed by atoms with Gasteiger partial charge in [-0.2, -0.15) is 0 Å². The van der Waals surface area contributed by atoms with Crippen molar-refractivity contribution in [2.75, 3.05) is 23.3 Å². The van der Waals surface area contributed by atoms with Crippen LogP contribution >= 0.6 is 15.9 Å². The van der Waals surface area contributed by atoms with E-state index in [0.29, 0.717) is 19.5 Å². The summed E-state index contributed by atoms with van der Waals surface area (Å²) >= 11 is 3.35. The molecule has 4 nitrogen and oxygen atoms in total. The minimum absolute atomic E-state index is 0.0422. The van der Waals surface area contributed by atoms with E-state index in [0.717, 1.165) is 23.7 Å². The van der Waals surface area contributed by atoms with E-state index >= 15 is 0 Å². The minimum atomic E-state index is -0.787. The predicted molar refractivity (Wildman–Crippen MR) is 83.5 cm³/mol. The van der Waals surface area contributed by atoms with E-state index < -0.39 is 5.97 Å². The predicted octanol–water partition coefficient (Wildman–Crippen LogP) is 2.96. The molecular formula is C15H20BrNO3. The average molecular weight is 342 g/mol. The number of anilines is 1. The van der Waals surface area contributed by atoms with Gasteiger partial charge in [0.1, 0.15) is 6.29 Å². The quantitative estimate of drug-likeness (QED) is 0.525. The number of alkyl halides is 1. The number of halogens is 1. The monoisotopic (exact) mass is 341 g/mol. The molecule has 0 fully saturated rings. The molecule has 0 saturated heterocycles. The largest absolute Gasteiger partial charge is 0.481 e. The summed E-state index contributed by atoms with van der Waals surface area (Å²) in [6, 6.07) is 9.79. The molecule has 1 unspecified atom stereocenters. The van der Waals surface area contributed by atoms with E-state index in [2.05, 4.69) is 20.8 Å². The Bertz CT molecular complexity index is 411. The summed E-state index contributed by atoms with van der Waals surface area (Å²) in [4.78, 5) is 23.8. The molecule has 0 aliphatic heterocycles. The van der Waals surface area contributed by atoms with Crippen molar-refractivity contribution in [1.82, 2.24) is 0 Å². The number of benzene rings is 1. The molecule has 1 aromatic carbocycles. The van der Waals surface area contributed by atoms with Crippen molar-refractivity contribution in [3.8, 4) is 0 Å². The molecule has 1 atom stereocenters. The van der Waals surface area contributed by atoms with Gasteiger partial charge in [-0.25, -0.2) is 0 Å². The summed E-state index contributed by atoms with van der Waals surface area (Å²) in [7, 11) is 0. The second kappa shape index (κ2) is 9.53. The first-order valence-corrected chi connectivity index (χ1v) is 7.82. The molecule has 5 heteroatoms. The Morgan fingerprint density at radius 3 is 2.60 bits per heavy atom. The number of para-hydroxylation sites is 1. The number of carboxylic acid groups (broad SMARTS) is 1. The lowest BCUT2D eigenvalue weighted by Gasteiger charge is -2.27. The summed E-state index contributed by atoms with van der Waals surface area (Å²) in [5, 5.41) is 9.51. The van der Waals surface area contributed by atoms with Crippen LogP contribution in [-0.4, -0.2) is 35.8 Å². The minimum Gasteiger partial charge on any atom is -0.481 e. The Hall–Kier alpha value is -1.36. The zero-order chi connectivity index (χ0) is 14.8. The number of hydrogen-bond donors (Lipinski definition) is 1. The average Bonchev–Trinajstić information content (AvgIpc) is 2.46. The fourth-order valence-corrected chi connectivity index (χ4v) is 2.60. The second-order valence-electron chi connectivity index (χ2n) is 4.65. The van der Waals surface area contributed by atoms with Crippen LogP contribution in [0.2, 0.25) is 0 Å². The van der Waals surface area contributed by atoms with E-state index in [-0.39, 0.29) is 12.3 Å². The maximum Gasteiger partial charge on any atom is 0.303 e. The highest BCUT2D eigenvalue weighted by Gasteiger charge is 2.14. The lowest BCUT2D eigenvalue weighted by molar-refractivity contribution is -0.137. The van der Waals surface area contributed by atoms with Gasteiger partial charge < -0.3 is 14.8 Å². The van der Waals surface area contributed by atoms with Crippen molar-refractivity contribution in [3.63, 3.8) is 0 Å². The van der Waals surface area contributed by atoms with Gasteiger partial charge in [0, 0.05) is 36.4 Å². The summed E-state index contributed by atoms with van der Waals surface area (Å²) in [5.41, 5.74) is 1.03. The molecular weight excluding hydrogens is 322 g/mol. The summed E-state index contributed by atoms with van der Waals surface area (Å²) in [6.45, 7) is 1.27. The number of rotatable bonds is 10. The third-order valence-electron chi connectivity index (χ3n) is 3.07. The number of carboxylic acids is 1. The smallest absolute Gasteiger partial charge is 0.303 e. The summed E-state index contributed by atoms with van der Waals surface area (Å²) in [6.07, 6.45) is 2.48. The first kappa shape index (κ1) is 16.7. The van der Waals surface area contributed by atoms with Crippen LogP contribution in [0.4, 0.5) is 5.69 Å². The van der Waals surface area contributed by atoms with Crippen LogP contribution in [0, 0.1) is 5.92 Å². The number of aldehydes is 1. The Morgan fingerprint density at radius 1 is 1.35 bits per heavy atom. The molecule has 1 rings (SSSR count). The second-order valence-corrected chi connectivity index (χ2v) is 5.45. The molecule has 0 amide bonds. The molecule has 0 aromatic heterocycles. The van der Waals surface area contributed by atoms with Crippen molar-refractivity contribution < 1.29 is 14.7 Å². The molecule has 0 aliphatic carbocycles. The number of carbonyl (C=O) groups is 2. The van der Waals surface area contributed by atoms with E-state index in [4.69, 9.17) is 5.11 Å². The number of hydrogen-bond acceptors (Lipinski definition) is 3. The third kappa shape index (κ3) is 6.19. The van der Waals surface area contributed by atoms with E-state index in [9.17, 15) is 9.59 Å². The lowest BCUT2D eigenvalue weighted by atomic mass is 10.1. The zero-order valence-corrected chi connectivity index (χ0v) is 13.0. The molecule has 20 heavy (non-hydrogen) atoms. The Balaban J connectivity index is 2.68. The van der Waals surface area contributed by atoms with Crippen LogP contribution in [-0.2, 0) is 9.59 Å². The van der Waals surface area contributed by atoms with Crippen LogP contribution < -0.4 is 4.90 Å². The number of carbonyl (C=O) groups excluding carboxylic acids is 1. The van der Waals surface area contributed by atoms with Crippen molar-refractivity contribution in [1.29, 1.82) is 0 Å². The van der Waals surface area contributed by atoms with Crippen LogP contribution in [0.5, 0.6) is 0 Å². The van der Waals surface area contributed by atoms with Gasteiger partial charge >= 0.3 is 5.97 Å². The van der Waals surface area contributed by atoms with E-state index in [1.165, 1.54) is 0 Å². The van der Waals surface area contributed by atoms with Crippen LogP contribution in [0.15, 0.2) is 30.3 Å². The highest BCUT2D eigenvalue weighted by atomic mass is 79.9. The zero-order valence-electron chi connectivity index (χ0n) is 11.4. The van der Waals surface area contributed by atoms with Gasteiger partial charge in [-0.1, -0.05) is 34.1 Å². The third-order valence-corrected chi connectivity index (χ3v) is 3.53. The van der Waals surface area contributed by atoms with Crippen LogP contribution in [0.1, 0.15) is 19.3 Å². The van der Waals surface area contributed by atoms with Crippen LogP contribution in [0.25, 0.3) is 0 Å². The molecule has 0 bridgehead atoms. The molecule has 0 radical (unpaired) electrons. The van der Waals surface area contributed by atoms with Crippen LogP contribution in [0.3, 0.4) is 0 Å². The van der Waals surface area contributed by atoms with Gasteiger partial charge in [-0.05, 0) is 25.0 Å². The summed E-state index contributed by atoms with van der Waals surface area (Å²) < 4.78 is 0. The maximum atomic E-state index is 11.1. The number of aliphatic carboxylic acids is 1. The molecule has 0 saturated carbocycles. The standard InChI is InChI=1S/C15H20BrNO3/c16-9-8-13(12-18)11-17(10-4-7-15(19)20)14-5-2-1-3-6-14/h1-3,5-6,12-13H,4,7-11H2,(H,19,20). The van der Waals surface area contributed by atoms with Gasteiger partial charge in [0.25, 0.3) is 0 Å². The lowest BCUT2D eigenvalue weighted by Crippen LogP contribution is -2.31. The molecule has 110 valence electrons. The molecule has 0 heterocycles. The van der Waals surface area contributed by atoms with E-state index in [1.807, 2.05) is 30.3 Å². The maximum absolute atomic E-state index is 11.1. The normalized spacial score (nSPS) is 11.8. The van der Waals surface area contributed by atoms with Crippen molar-refractivity contribution in [3.05, 3.63) is 30.3 Å². The highest BCUT2D eigenvalue weighted by Crippen LogP contribution is 2.17. The van der Waals surface area contributed by atoms with Gasteiger partial charge in [-0.15, -0.1) is 0 Å². The van der Waals surface area contributed by atoms with E-state index in [1.54, 1.807) is 0 Å². The van der Waals surface area contributed by atoms with Gasteiger partial charge in [0.05, 0.1) is 0 Å². The fourth-order valence-electron chi connectivity index (χ4n) is 2.01. The topological polar surface area (TPSA) is 57.6 Å². The molecule has 0 spiro atoms. The fraction of sp³-hybridized carbons (Fsp3) is 0.467. The van der Waals surface area contributed by atoms with Gasteiger partial charge in [0.15, 0.2) is 0 Å². The van der Waals surface area contributed by atoms with Gasteiger partial charge in [-0.3, -0.25) is 4.79 Å². The van der Waals surface area contributed by atoms with Crippen molar-refractivity contribution >= 4 is 33.9 Å².